The van der Waals surface area contributed by atoms with Crippen LogP contribution in [0.25, 0.3) is 33.8 Å². The van der Waals surface area contributed by atoms with Crippen LogP contribution in [-0.2, 0) is 18.0 Å². The molecule has 216 valence electrons. The van der Waals surface area contributed by atoms with E-state index in [0.29, 0.717) is 18.0 Å². The number of ketones is 1. The highest BCUT2D eigenvalue weighted by Crippen LogP contribution is 2.46. The fourth-order valence-electron chi connectivity index (χ4n) is 4.86. The lowest BCUT2D eigenvalue weighted by atomic mass is 9.92. The van der Waals surface area contributed by atoms with Crippen LogP contribution < -0.4 is 0 Å². The summed E-state index contributed by atoms with van der Waals surface area (Å²) < 4.78 is 92.6. The quantitative estimate of drug-likeness (QED) is 0.0532. The molecule has 5 rings (SSSR count). The third-order valence-corrected chi connectivity index (χ3v) is 6.83. The van der Waals surface area contributed by atoms with Gasteiger partial charge in [0.2, 0.25) is 5.78 Å². The number of halogens is 6. The molecule has 0 unspecified atom stereocenters. The van der Waals surface area contributed by atoms with Crippen LogP contribution in [0, 0.1) is 34.5 Å². The average Bonchev–Trinajstić information content (AvgIpc) is 3.46. The largest absolute Gasteiger partial charge is 0.504 e. The molecule has 0 fully saturated rings. The van der Waals surface area contributed by atoms with Crippen LogP contribution in [0.2, 0.25) is 0 Å². The highest BCUT2D eigenvalue weighted by Gasteiger charge is 2.38. The highest BCUT2D eigenvalue weighted by atomic mass is 19.4. The molecule has 0 N–H and O–H groups in total. The number of methoxy groups -OCH3 is 1. The summed E-state index contributed by atoms with van der Waals surface area (Å²) in [5, 5.41) is 12.2. The zero-order valence-corrected chi connectivity index (χ0v) is 21.9. The maximum absolute atomic E-state index is 14.6. The van der Waals surface area contributed by atoms with Gasteiger partial charge in [0.05, 0.1) is 34.9 Å². The minimum Gasteiger partial charge on any atom is -0.504 e. The molecule has 0 aliphatic carbocycles. The van der Waals surface area contributed by atoms with Crippen LogP contribution in [0.4, 0.5) is 32.0 Å². The van der Waals surface area contributed by atoms with Crippen molar-refractivity contribution in [3.63, 3.8) is 0 Å². The number of carbonyl (C=O) groups is 1. The van der Waals surface area contributed by atoms with E-state index in [1.165, 1.54) is 43.1 Å². The summed E-state index contributed by atoms with van der Waals surface area (Å²) in [4.78, 5) is 29.0. The van der Waals surface area contributed by atoms with Crippen LogP contribution in [0.3, 0.4) is 0 Å². The number of alkyl halides is 3. The smallest absolute Gasteiger partial charge is 0.417 e. The number of nitrogens with zero attached hydrogens (tertiary/aromatic N) is 4. The fraction of sp³-hybridized carbons (Fsp3) is 0.143. The summed E-state index contributed by atoms with van der Waals surface area (Å²) in [6, 6.07) is 4.97. The molecule has 0 amide bonds. The van der Waals surface area contributed by atoms with Crippen molar-refractivity contribution in [3.8, 4) is 11.1 Å². The third-order valence-electron chi connectivity index (χ3n) is 6.83. The number of imidazole rings is 1. The van der Waals surface area contributed by atoms with Crippen molar-refractivity contribution < 1.29 is 40.8 Å². The zero-order chi connectivity index (χ0) is 30.7. The molecule has 0 aliphatic rings. The van der Waals surface area contributed by atoms with Gasteiger partial charge in [-0.05, 0) is 37.3 Å². The predicted molar refractivity (Wildman–Crippen MR) is 139 cm³/mol. The molecule has 0 atom stereocenters. The van der Waals surface area contributed by atoms with E-state index in [1.54, 1.807) is 6.92 Å². The van der Waals surface area contributed by atoms with Gasteiger partial charge in [-0.1, -0.05) is 6.07 Å². The molecule has 2 aromatic carbocycles. The van der Waals surface area contributed by atoms with Crippen molar-refractivity contribution in [2.45, 2.75) is 13.1 Å². The summed E-state index contributed by atoms with van der Waals surface area (Å²) in [5.74, 6) is -5.91. The first-order valence-corrected chi connectivity index (χ1v) is 12.0. The normalized spacial score (nSPS) is 12.1. The third kappa shape index (κ3) is 4.44. The Hall–Kier alpha value is -5.14. The van der Waals surface area contributed by atoms with Gasteiger partial charge in [0.1, 0.15) is 17.0 Å². The number of ether oxygens (including phenoxy) is 1. The van der Waals surface area contributed by atoms with Crippen LogP contribution in [0.1, 0.15) is 33.0 Å². The number of pyridine rings is 1. The van der Waals surface area contributed by atoms with Gasteiger partial charge in [-0.2, -0.15) is 13.2 Å². The summed E-state index contributed by atoms with van der Waals surface area (Å²) in [5.41, 5.74) is -4.03. The number of benzene rings is 2. The van der Waals surface area contributed by atoms with Crippen molar-refractivity contribution in [1.29, 1.82) is 0 Å². The van der Waals surface area contributed by atoms with Crippen molar-refractivity contribution in [3.05, 3.63) is 105 Å². The fourth-order valence-corrected chi connectivity index (χ4v) is 4.86. The van der Waals surface area contributed by atoms with Crippen molar-refractivity contribution in [2.75, 3.05) is 7.11 Å². The van der Waals surface area contributed by atoms with Gasteiger partial charge in [0, 0.05) is 41.6 Å². The molecule has 14 heteroatoms. The number of aryl methyl sites for hydroxylation is 2. The van der Waals surface area contributed by atoms with Gasteiger partial charge in [-0.15, -0.1) is 0 Å². The molecule has 0 saturated heterocycles. The first-order valence-electron chi connectivity index (χ1n) is 12.0. The Morgan fingerprint density at radius 1 is 1.12 bits per heavy atom. The minimum atomic E-state index is -4.95. The molecule has 3 heterocycles. The number of hydrogen-bond donors (Lipinski definition) is 0. The van der Waals surface area contributed by atoms with E-state index in [9.17, 15) is 41.3 Å². The Morgan fingerprint density at radius 2 is 1.79 bits per heavy atom. The van der Waals surface area contributed by atoms with Gasteiger partial charge < -0.3 is 13.7 Å². The van der Waals surface area contributed by atoms with E-state index < -0.39 is 67.9 Å². The molecule has 42 heavy (non-hydrogen) atoms. The first kappa shape index (κ1) is 28.4. The number of nitro groups is 1. The Morgan fingerprint density at radius 3 is 2.38 bits per heavy atom. The lowest BCUT2D eigenvalue weighted by Crippen LogP contribution is -2.10. The monoisotopic (exact) mass is 588 g/mol. The van der Waals surface area contributed by atoms with E-state index in [4.69, 9.17) is 4.74 Å². The second-order valence-electron chi connectivity index (χ2n) is 9.23. The number of aromatic nitrogens is 3. The molecule has 8 nitrogen and oxygen atoms in total. The maximum Gasteiger partial charge on any atom is 0.417 e. The van der Waals surface area contributed by atoms with Crippen LogP contribution in [0.5, 0.6) is 0 Å². The molecule has 0 saturated carbocycles. The standard InChI is InChI=1S/C28H18F6N4O4/c1-13-35-25-15(6-8-42-3)23(17(28(32,33)34)11-20(25)36(13)2)16-5-4-7-37-22(12-21(26(16)37)38(40)41)27(39)14-9-18(29)24(31)19(30)10-14/h4-12H,1-3H3/b8-6+. The topological polar surface area (TPSA) is 91.7 Å². The van der Waals surface area contributed by atoms with E-state index in [0.717, 1.165) is 22.8 Å². The van der Waals surface area contributed by atoms with E-state index in [2.05, 4.69) is 4.98 Å². The first-order chi connectivity index (χ1) is 19.8. The lowest BCUT2D eigenvalue weighted by molar-refractivity contribution is -0.383. The van der Waals surface area contributed by atoms with E-state index in [1.807, 2.05) is 0 Å². The molecular weight excluding hydrogens is 570 g/mol. The molecule has 3 aromatic heterocycles. The summed E-state index contributed by atoms with van der Waals surface area (Å²) >= 11 is 0. The average molecular weight is 588 g/mol. The van der Waals surface area contributed by atoms with Gasteiger partial charge in [-0.3, -0.25) is 14.9 Å². The van der Waals surface area contributed by atoms with Crippen LogP contribution >= 0.6 is 0 Å². The maximum atomic E-state index is 14.6. The SMILES string of the molecule is CO/C=C/c1c(-c2cccn3c(C(=O)c4cc(F)c(F)c(F)c4)cc([N+](=O)[O-])c23)c(C(F)(F)F)cc2c1nc(C)n2C. The van der Waals surface area contributed by atoms with Gasteiger partial charge in [0.15, 0.2) is 17.5 Å². The summed E-state index contributed by atoms with van der Waals surface area (Å²) in [7, 11) is 2.81. The van der Waals surface area contributed by atoms with Crippen molar-refractivity contribution in [2.24, 2.45) is 7.05 Å². The Balaban J connectivity index is 1.92. The molecule has 0 spiro atoms. The Bertz CT molecular complexity index is 1950. The van der Waals surface area contributed by atoms with Gasteiger partial charge in [0.25, 0.3) is 5.69 Å². The summed E-state index contributed by atoms with van der Waals surface area (Å²) in [6.07, 6.45) is -1.40. The molecule has 0 bridgehead atoms. The second kappa shape index (κ2) is 10.0. The van der Waals surface area contributed by atoms with Gasteiger partial charge in [-0.25, -0.2) is 18.2 Å². The molecule has 5 aromatic rings. The number of fused-ring (bicyclic) bond motifs is 2. The van der Waals surface area contributed by atoms with Crippen molar-refractivity contribution in [1.82, 2.24) is 14.0 Å². The Kier molecular flexibility index (Phi) is 6.79. The minimum absolute atomic E-state index is 0.0653. The highest BCUT2D eigenvalue weighted by molar-refractivity contribution is 6.11. The van der Waals surface area contributed by atoms with Crippen molar-refractivity contribution >= 4 is 34.1 Å². The molecular formula is C28H18F6N4O4. The van der Waals surface area contributed by atoms with Crippen LogP contribution in [-0.4, -0.2) is 31.8 Å². The number of rotatable bonds is 6. The number of carbonyl (C=O) groups excluding carboxylic acids is 1. The van der Waals surface area contributed by atoms with E-state index in [-0.39, 0.29) is 22.2 Å². The Labute approximate surface area is 232 Å². The van der Waals surface area contributed by atoms with E-state index >= 15 is 0 Å². The second-order valence-corrected chi connectivity index (χ2v) is 9.23. The van der Waals surface area contributed by atoms with Gasteiger partial charge >= 0.3 is 6.18 Å². The lowest BCUT2D eigenvalue weighted by Gasteiger charge is -2.18. The zero-order valence-electron chi connectivity index (χ0n) is 21.9. The molecule has 0 aliphatic heterocycles. The molecule has 0 radical (unpaired) electrons. The summed E-state index contributed by atoms with van der Waals surface area (Å²) in [6.45, 7) is 1.59. The number of hydrogen-bond acceptors (Lipinski definition) is 5. The predicted octanol–water partition coefficient (Wildman–Crippen LogP) is 6.99. The van der Waals surface area contributed by atoms with Crippen LogP contribution in [0.15, 0.2) is 48.9 Å².